The number of nitriles is 1. The van der Waals surface area contributed by atoms with Crippen LogP contribution in [0.2, 0.25) is 0 Å². The molecular weight excluding hydrogens is 342 g/mol. The van der Waals surface area contributed by atoms with Crippen LogP contribution in [0, 0.1) is 17.4 Å². The van der Waals surface area contributed by atoms with Gasteiger partial charge in [-0.05, 0) is 24.5 Å². The van der Waals surface area contributed by atoms with E-state index >= 15 is 0 Å². The molecule has 1 saturated carbocycles. The van der Waals surface area contributed by atoms with Crippen molar-refractivity contribution in [1.29, 1.82) is 5.26 Å². The Bertz CT molecular complexity index is 1400. The average Bonchev–Trinajstić information content (AvgIpc) is 3.13. The van der Waals surface area contributed by atoms with Crippen molar-refractivity contribution < 1.29 is 0 Å². The largest absolute Gasteiger partial charge is 0.284 e. The first kappa shape index (κ1) is 14.4. The number of hydrogen-bond donors (Lipinski definition) is 0. The van der Waals surface area contributed by atoms with Crippen LogP contribution < -0.4 is 0 Å². The summed E-state index contributed by atoms with van der Waals surface area (Å²) in [6.45, 7) is 2.16. The number of rotatable bonds is 2. The maximum absolute atomic E-state index is 9.44. The van der Waals surface area contributed by atoms with Crippen molar-refractivity contribution in [2.75, 3.05) is 0 Å². The molecule has 0 radical (unpaired) electrons. The Morgan fingerprint density at radius 2 is 2.04 bits per heavy atom. The molecule has 9 nitrogen and oxygen atoms in total. The minimum absolute atomic E-state index is 0.267. The molecule has 2 unspecified atom stereocenters. The molecule has 27 heavy (non-hydrogen) atoms. The molecule has 1 fully saturated rings. The molecule has 1 aromatic carbocycles. The summed E-state index contributed by atoms with van der Waals surface area (Å²) in [5.41, 5.74) is 4.00. The number of aromatic nitrogens is 8. The van der Waals surface area contributed by atoms with Gasteiger partial charge in [-0.15, -0.1) is 20.0 Å². The topological polar surface area (TPSA) is 102 Å². The van der Waals surface area contributed by atoms with E-state index in [4.69, 9.17) is 0 Å². The zero-order chi connectivity index (χ0) is 18.1. The Kier molecular flexibility index (Phi) is 2.60. The normalized spacial score (nSPS) is 19.1. The minimum atomic E-state index is 0.267. The molecule has 2 atom stereocenters. The van der Waals surface area contributed by atoms with Crippen molar-refractivity contribution in [3.8, 4) is 17.7 Å². The van der Waals surface area contributed by atoms with Crippen LogP contribution in [0.4, 0.5) is 0 Å². The van der Waals surface area contributed by atoms with Gasteiger partial charge in [-0.2, -0.15) is 5.26 Å². The third kappa shape index (κ3) is 1.79. The number of hydrogen-bond acceptors (Lipinski definition) is 6. The summed E-state index contributed by atoms with van der Waals surface area (Å²) in [5.74, 6) is 1.35. The third-order valence-corrected chi connectivity index (χ3v) is 5.39. The highest BCUT2D eigenvalue weighted by atomic mass is 15.4. The molecule has 130 valence electrons. The van der Waals surface area contributed by atoms with Gasteiger partial charge in [0.05, 0.1) is 17.4 Å². The van der Waals surface area contributed by atoms with E-state index in [2.05, 4.69) is 38.6 Å². The van der Waals surface area contributed by atoms with Crippen molar-refractivity contribution in [3.63, 3.8) is 0 Å². The number of benzene rings is 1. The molecule has 0 N–H and O–H groups in total. The lowest BCUT2D eigenvalue weighted by molar-refractivity contribution is 0.759. The Hall–Kier alpha value is -3.80. The highest BCUT2D eigenvalue weighted by molar-refractivity contribution is 5.94. The summed E-state index contributed by atoms with van der Waals surface area (Å²) in [4.78, 5) is 4.31. The standard InChI is InChI=1S/C18H13N9/c1-10-6-12(10)16-15(21-24-26(16)8-19)18-23-22-17-11-4-2-3-5-13(11)25-9-20-7-14(25)27(17)18/h2-5,7,9-10,12H,6H2,1H3. The molecule has 5 aromatic rings. The second-order valence-corrected chi connectivity index (χ2v) is 6.98. The first-order valence-electron chi connectivity index (χ1n) is 8.72. The lowest BCUT2D eigenvalue weighted by Crippen LogP contribution is -2.01. The van der Waals surface area contributed by atoms with Gasteiger partial charge < -0.3 is 0 Å². The van der Waals surface area contributed by atoms with Crippen LogP contribution in [0.1, 0.15) is 25.0 Å². The quantitative estimate of drug-likeness (QED) is 0.481. The number of imidazole rings is 1. The first-order chi connectivity index (χ1) is 13.3. The zero-order valence-electron chi connectivity index (χ0n) is 14.4. The Morgan fingerprint density at radius 1 is 1.19 bits per heavy atom. The summed E-state index contributed by atoms with van der Waals surface area (Å²) < 4.78 is 5.25. The predicted molar refractivity (Wildman–Crippen MR) is 95.8 cm³/mol. The van der Waals surface area contributed by atoms with E-state index in [1.54, 1.807) is 12.5 Å². The van der Waals surface area contributed by atoms with Crippen molar-refractivity contribution in [2.45, 2.75) is 19.3 Å². The van der Waals surface area contributed by atoms with Crippen LogP contribution >= 0.6 is 0 Å². The monoisotopic (exact) mass is 355 g/mol. The van der Waals surface area contributed by atoms with Gasteiger partial charge in [0, 0.05) is 11.3 Å². The molecule has 0 bridgehead atoms. The van der Waals surface area contributed by atoms with Gasteiger partial charge >= 0.3 is 0 Å². The third-order valence-electron chi connectivity index (χ3n) is 5.39. The number of para-hydroxylation sites is 1. The molecule has 0 saturated heterocycles. The van der Waals surface area contributed by atoms with Crippen molar-refractivity contribution in [1.82, 2.24) is 39.0 Å². The highest BCUT2D eigenvalue weighted by Gasteiger charge is 2.41. The van der Waals surface area contributed by atoms with Gasteiger partial charge in [0.25, 0.3) is 0 Å². The van der Waals surface area contributed by atoms with Crippen LogP contribution in [0.25, 0.3) is 33.7 Å². The summed E-state index contributed by atoms with van der Waals surface area (Å²) in [7, 11) is 0. The van der Waals surface area contributed by atoms with Crippen molar-refractivity contribution in [2.24, 2.45) is 5.92 Å². The summed E-state index contributed by atoms with van der Waals surface area (Å²) in [6, 6.07) is 8.00. The van der Waals surface area contributed by atoms with Gasteiger partial charge in [-0.25, -0.2) is 4.98 Å². The van der Waals surface area contributed by atoms with E-state index in [1.165, 1.54) is 4.68 Å². The van der Waals surface area contributed by atoms with E-state index in [0.29, 0.717) is 17.4 Å². The van der Waals surface area contributed by atoms with E-state index < -0.39 is 0 Å². The fraction of sp³-hybridized carbons (Fsp3) is 0.222. The fourth-order valence-corrected chi connectivity index (χ4v) is 3.90. The molecule has 1 aliphatic carbocycles. The average molecular weight is 355 g/mol. The van der Waals surface area contributed by atoms with Crippen LogP contribution in [0.5, 0.6) is 0 Å². The number of nitrogens with zero attached hydrogens (tertiary/aromatic N) is 9. The van der Waals surface area contributed by atoms with Crippen LogP contribution in [0.15, 0.2) is 36.8 Å². The maximum atomic E-state index is 9.44. The van der Waals surface area contributed by atoms with E-state index in [0.717, 1.165) is 34.3 Å². The molecule has 0 amide bonds. The summed E-state index contributed by atoms with van der Waals surface area (Å²) in [6.07, 6.45) is 6.67. The van der Waals surface area contributed by atoms with Gasteiger partial charge in [-0.1, -0.05) is 24.3 Å². The molecular formula is C18H13N9. The molecule has 4 heterocycles. The van der Waals surface area contributed by atoms with Crippen LogP contribution in [-0.2, 0) is 0 Å². The smallest absolute Gasteiger partial charge is 0.208 e. The fourth-order valence-electron chi connectivity index (χ4n) is 3.90. The van der Waals surface area contributed by atoms with E-state index in [-0.39, 0.29) is 5.92 Å². The highest BCUT2D eigenvalue weighted by Crippen LogP contribution is 2.49. The lowest BCUT2D eigenvalue weighted by Gasteiger charge is -2.07. The van der Waals surface area contributed by atoms with E-state index in [9.17, 15) is 5.26 Å². The molecule has 6 rings (SSSR count). The minimum Gasteiger partial charge on any atom is -0.284 e. The zero-order valence-corrected chi connectivity index (χ0v) is 14.4. The SMILES string of the molecule is CC1CC1c1c(-c2nnc3c4ccccc4n4cncc4n23)nnn1C#N. The van der Waals surface area contributed by atoms with Crippen molar-refractivity contribution >= 4 is 22.2 Å². The summed E-state index contributed by atoms with van der Waals surface area (Å²) in [5, 5.41) is 27.6. The Balaban J connectivity index is 1.75. The van der Waals surface area contributed by atoms with Gasteiger partial charge in [0.15, 0.2) is 17.2 Å². The lowest BCUT2D eigenvalue weighted by atomic mass is 10.2. The maximum Gasteiger partial charge on any atom is 0.208 e. The molecule has 0 spiro atoms. The Morgan fingerprint density at radius 3 is 2.85 bits per heavy atom. The Labute approximate surface area is 152 Å². The van der Waals surface area contributed by atoms with Crippen LogP contribution in [-0.4, -0.2) is 39.0 Å². The van der Waals surface area contributed by atoms with Gasteiger partial charge in [0.1, 0.15) is 12.0 Å². The van der Waals surface area contributed by atoms with Gasteiger partial charge in [-0.3, -0.25) is 8.80 Å². The summed E-state index contributed by atoms with van der Waals surface area (Å²) >= 11 is 0. The molecule has 4 aromatic heterocycles. The van der Waals surface area contributed by atoms with E-state index in [1.807, 2.05) is 33.1 Å². The number of fused-ring (bicyclic) bond motifs is 6. The predicted octanol–water partition coefficient (Wildman–Crippen LogP) is 2.24. The van der Waals surface area contributed by atoms with Crippen LogP contribution in [0.3, 0.4) is 0 Å². The molecule has 9 heteroatoms. The second-order valence-electron chi connectivity index (χ2n) is 6.98. The first-order valence-corrected chi connectivity index (χ1v) is 8.72. The van der Waals surface area contributed by atoms with Crippen molar-refractivity contribution in [3.05, 3.63) is 42.5 Å². The molecule has 1 aliphatic rings. The van der Waals surface area contributed by atoms with Gasteiger partial charge in [0.2, 0.25) is 6.19 Å². The molecule has 0 aliphatic heterocycles. The second kappa shape index (κ2) is 4.88.